The van der Waals surface area contributed by atoms with Gasteiger partial charge in [0.2, 0.25) is 0 Å². The molecule has 0 amide bonds. The number of nitrogens with one attached hydrogen (secondary N) is 2. The number of pyridine rings is 1. The fraction of sp³-hybridized carbons (Fsp3) is 0.308. The number of rotatable bonds is 6. The lowest BCUT2D eigenvalue weighted by molar-refractivity contribution is 0.637. The smallest absolute Gasteiger partial charge is 0.269 e. The van der Waals surface area contributed by atoms with E-state index in [9.17, 15) is 4.79 Å². The highest BCUT2D eigenvalue weighted by Crippen LogP contribution is 2.10. The highest BCUT2D eigenvalue weighted by Gasteiger charge is 2.02. The van der Waals surface area contributed by atoms with Crippen LogP contribution in [0.25, 0.3) is 0 Å². The molecule has 7 heteroatoms. The molecule has 0 spiro atoms. The topological polar surface area (TPSA) is 71.8 Å². The Hall–Kier alpha value is -1.73. The first-order valence-corrected chi connectivity index (χ1v) is 7.03. The molecule has 2 heterocycles. The van der Waals surface area contributed by atoms with Crippen LogP contribution in [0.1, 0.15) is 5.56 Å². The molecule has 0 radical (unpaired) electrons. The molecule has 2 aromatic rings. The Morgan fingerprint density at radius 3 is 2.80 bits per heavy atom. The number of hydrogen-bond acceptors (Lipinski definition) is 5. The minimum Gasteiger partial charge on any atom is -0.382 e. The van der Waals surface area contributed by atoms with Gasteiger partial charge in [0.15, 0.2) is 0 Å². The Balaban J connectivity index is 2.08. The maximum Gasteiger partial charge on any atom is 0.269 e. The van der Waals surface area contributed by atoms with Gasteiger partial charge in [-0.15, -0.1) is 0 Å². The molecule has 0 fully saturated rings. The number of likely N-dealkylation sites (N-methyl/N-ethyl adjacent to an activating group) is 1. The van der Waals surface area contributed by atoms with Gasteiger partial charge in [0.1, 0.15) is 0 Å². The summed E-state index contributed by atoms with van der Waals surface area (Å²) >= 11 is 3.35. The van der Waals surface area contributed by atoms with Crippen LogP contribution in [0.3, 0.4) is 0 Å². The van der Waals surface area contributed by atoms with Gasteiger partial charge in [-0.25, -0.2) is 4.68 Å². The van der Waals surface area contributed by atoms with Crippen molar-refractivity contribution in [1.29, 1.82) is 0 Å². The summed E-state index contributed by atoms with van der Waals surface area (Å²) in [5.41, 5.74) is 1.51. The van der Waals surface area contributed by atoms with E-state index in [1.54, 1.807) is 24.7 Å². The van der Waals surface area contributed by atoms with Crippen LogP contribution in [0, 0.1) is 0 Å². The number of aromatic nitrogens is 3. The zero-order valence-corrected chi connectivity index (χ0v) is 12.7. The van der Waals surface area contributed by atoms with Gasteiger partial charge in [0.05, 0.1) is 18.4 Å². The summed E-state index contributed by atoms with van der Waals surface area (Å²) in [7, 11) is 1.88. The largest absolute Gasteiger partial charge is 0.382 e. The molecule has 0 aliphatic heterocycles. The van der Waals surface area contributed by atoms with Crippen molar-refractivity contribution in [2.45, 2.75) is 6.54 Å². The summed E-state index contributed by atoms with van der Waals surface area (Å²) in [6.07, 6.45) is 5.08. The molecule has 0 aliphatic rings. The third-order valence-electron chi connectivity index (χ3n) is 2.67. The molecule has 106 valence electrons. The molecule has 2 rings (SSSR count). The molecule has 0 saturated heterocycles. The van der Waals surface area contributed by atoms with Crippen LogP contribution in [0.15, 0.2) is 40.0 Å². The summed E-state index contributed by atoms with van der Waals surface area (Å²) in [4.78, 5) is 16.0. The number of halogens is 1. The highest BCUT2D eigenvalue weighted by atomic mass is 79.9. The average molecular weight is 338 g/mol. The lowest BCUT2D eigenvalue weighted by Crippen LogP contribution is -2.24. The molecular formula is C13H16BrN5O. The van der Waals surface area contributed by atoms with E-state index in [0.29, 0.717) is 6.54 Å². The van der Waals surface area contributed by atoms with Gasteiger partial charge in [0.25, 0.3) is 5.56 Å². The maximum atomic E-state index is 12.0. The van der Waals surface area contributed by atoms with Crippen molar-refractivity contribution in [3.63, 3.8) is 0 Å². The Morgan fingerprint density at radius 1 is 1.25 bits per heavy atom. The third kappa shape index (κ3) is 4.14. The first-order chi connectivity index (χ1) is 9.69. The van der Waals surface area contributed by atoms with Crippen molar-refractivity contribution in [3.8, 4) is 0 Å². The highest BCUT2D eigenvalue weighted by molar-refractivity contribution is 9.10. The van der Waals surface area contributed by atoms with E-state index in [-0.39, 0.29) is 5.56 Å². The second-order valence-corrected chi connectivity index (χ2v) is 5.20. The number of nitrogens with zero attached hydrogens (tertiary/aromatic N) is 3. The third-order valence-corrected chi connectivity index (χ3v) is 3.10. The Kier molecular flexibility index (Phi) is 5.25. The van der Waals surface area contributed by atoms with E-state index < -0.39 is 0 Å². The molecule has 0 unspecified atom stereocenters. The quantitative estimate of drug-likeness (QED) is 0.772. The SMILES string of the molecule is CNCCNc1cnn(Cc2cncc(Br)c2)c(=O)c1. The van der Waals surface area contributed by atoms with E-state index in [1.165, 1.54) is 4.68 Å². The predicted octanol–water partition coefficient (Wildman–Crippen LogP) is 1.08. The van der Waals surface area contributed by atoms with E-state index in [1.807, 2.05) is 13.1 Å². The van der Waals surface area contributed by atoms with Crippen LogP contribution >= 0.6 is 15.9 Å². The second-order valence-electron chi connectivity index (χ2n) is 4.28. The molecule has 0 aliphatic carbocycles. The van der Waals surface area contributed by atoms with Crippen LogP contribution in [0.4, 0.5) is 5.69 Å². The van der Waals surface area contributed by atoms with E-state index in [4.69, 9.17) is 0 Å². The van der Waals surface area contributed by atoms with Gasteiger partial charge in [-0.05, 0) is 34.6 Å². The van der Waals surface area contributed by atoms with Gasteiger partial charge >= 0.3 is 0 Å². The van der Waals surface area contributed by atoms with Crippen LogP contribution in [-0.2, 0) is 6.54 Å². The Morgan fingerprint density at radius 2 is 2.10 bits per heavy atom. The summed E-state index contributed by atoms with van der Waals surface area (Å²) in [5.74, 6) is 0. The van der Waals surface area contributed by atoms with Gasteiger partial charge < -0.3 is 10.6 Å². The van der Waals surface area contributed by atoms with Gasteiger partial charge in [-0.3, -0.25) is 9.78 Å². The first kappa shape index (κ1) is 14.7. The van der Waals surface area contributed by atoms with Crippen molar-refractivity contribution in [2.24, 2.45) is 0 Å². The van der Waals surface area contributed by atoms with E-state index >= 15 is 0 Å². The van der Waals surface area contributed by atoms with Crippen molar-refractivity contribution < 1.29 is 0 Å². The molecule has 0 aromatic carbocycles. The van der Waals surface area contributed by atoms with Crippen molar-refractivity contribution in [3.05, 3.63) is 51.1 Å². The molecule has 2 aromatic heterocycles. The monoisotopic (exact) mass is 337 g/mol. The van der Waals surface area contributed by atoms with Crippen molar-refractivity contribution >= 4 is 21.6 Å². The normalized spacial score (nSPS) is 10.5. The standard InChI is InChI=1S/C13H16BrN5O/c1-15-2-3-17-12-5-13(20)19(18-8-12)9-10-4-11(14)7-16-6-10/h4-8,15,17H,2-3,9H2,1H3. The average Bonchev–Trinajstić information content (AvgIpc) is 2.42. The first-order valence-electron chi connectivity index (χ1n) is 6.24. The lowest BCUT2D eigenvalue weighted by atomic mass is 10.3. The van der Waals surface area contributed by atoms with E-state index in [0.717, 1.165) is 28.8 Å². The molecular weight excluding hydrogens is 322 g/mol. The van der Waals surface area contributed by atoms with Gasteiger partial charge in [-0.1, -0.05) is 0 Å². The zero-order chi connectivity index (χ0) is 14.4. The van der Waals surface area contributed by atoms with Crippen molar-refractivity contribution in [2.75, 3.05) is 25.5 Å². The fourth-order valence-corrected chi connectivity index (χ4v) is 2.11. The minimum absolute atomic E-state index is 0.139. The van der Waals surface area contributed by atoms with Gasteiger partial charge in [0, 0.05) is 36.0 Å². The molecule has 0 bridgehead atoms. The van der Waals surface area contributed by atoms with Crippen LogP contribution in [0.5, 0.6) is 0 Å². The molecule has 0 saturated carbocycles. The van der Waals surface area contributed by atoms with Gasteiger partial charge in [-0.2, -0.15) is 5.10 Å². The molecule has 6 nitrogen and oxygen atoms in total. The summed E-state index contributed by atoms with van der Waals surface area (Å²) in [6, 6.07) is 3.47. The summed E-state index contributed by atoms with van der Waals surface area (Å²) in [5, 5.41) is 10.3. The molecule has 0 atom stereocenters. The zero-order valence-electron chi connectivity index (χ0n) is 11.1. The van der Waals surface area contributed by atoms with Crippen molar-refractivity contribution in [1.82, 2.24) is 20.1 Å². The number of hydrogen-bond donors (Lipinski definition) is 2. The minimum atomic E-state index is -0.139. The Labute approximate surface area is 125 Å². The Bertz CT molecular complexity index is 628. The summed E-state index contributed by atoms with van der Waals surface area (Å²) < 4.78 is 2.29. The van der Waals surface area contributed by atoms with Crippen LogP contribution in [-0.4, -0.2) is 34.9 Å². The summed E-state index contributed by atoms with van der Waals surface area (Å²) in [6.45, 7) is 1.98. The molecule has 20 heavy (non-hydrogen) atoms. The second kappa shape index (κ2) is 7.16. The van der Waals surface area contributed by atoms with Crippen LogP contribution in [0.2, 0.25) is 0 Å². The lowest BCUT2D eigenvalue weighted by Gasteiger charge is -2.08. The van der Waals surface area contributed by atoms with E-state index in [2.05, 4.69) is 36.6 Å². The maximum absolute atomic E-state index is 12.0. The predicted molar refractivity (Wildman–Crippen MR) is 82.0 cm³/mol. The molecule has 2 N–H and O–H groups in total. The number of anilines is 1. The fourth-order valence-electron chi connectivity index (χ4n) is 1.70. The van der Waals surface area contributed by atoms with Crippen LogP contribution < -0.4 is 16.2 Å².